The molecule has 0 aromatic rings. The van der Waals surface area contributed by atoms with Crippen molar-refractivity contribution in [3.63, 3.8) is 0 Å². The third kappa shape index (κ3) is 48.2. The van der Waals surface area contributed by atoms with E-state index in [-0.39, 0.29) is 65.1 Å². The molecule has 0 N–H and O–H groups in total. The molecule has 0 heterocycles. The van der Waals surface area contributed by atoms with Crippen LogP contribution in [0.25, 0.3) is 0 Å². The average molecular weight is 455 g/mol. The number of hydrogen-bond acceptors (Lipinski definition) is 6. The van der Waals surface area contributed by atoms with Crippen molar-refractivity contribution in [3.8, 4) is 0 Å². The minimum atomic E-state index is -5.17. The Kier molecular flexibility index (Phi) is 38.1. The fraction of sp³-hybridized carbons (Fsp3) is 0.950. The smallest absolute Gasteiger partial charge is 0.759 e. The summed E-state index contributed by atoms with van der Waals surface area (Å²) in [4.78, 5) is 11.5. The van der Waals surface area contributed by atoms with Gasteiger partial charge in [-0.1, -0.05) is 97.3 Å². The average Bonchev–Trinajstić information content (AvgIpc) is 2.58. The van der Waals surface area contributed by atoms with Gasteiger partial charge in [0.25, 0.3) is 0 Å². The number of hydrogen-bond donors (Lipinski definition) is 0. The molecule has 29 heavy (non-hydrogen) atoms. The van der Waals surface area contributed by atoms with Gasteiger partial charge in [-0.3, -0.25) is 13.2 Å². The van der Waals surface area contributed by atoms with Crippen LogP contribution < -0.4 is 59.1 Å². The Morgan fingerprint density at radius 3 is 1.34 bits per heavy atom. The molecule has 0 unspecified atom stereocenters. The Morgan fingerprint density at radius 2 is 0.966 bits per heavy atom. The number of carbonyl (C=O) groups is 1. The van der Waals surface area contributed by atoms with E-state index in [9.17, 15) is 4.79 Å². The molecular weight excluding hydrogens is 414 g/mol. The van der Waals surface area contributed by atoms with Crippen LogP contribution in [-0.4, -0.2) is 30.1 Å². The van der Waals surface area contributed by atoms with Crippen LogP contribution in [0.15, 0.2) is 0 Å². The third-order valence-electron chi connectivity index (χ3n) is 4.25. The summed E-state index contributed by atoms with van der Waals surface area (Å²) in [5, 5.41) is 0. The number of ether oxygens (including phenoxy) is 1. The van der Waals surface area contributed by atoms with Crippen molar-refractivity contribution in [2.24, 2.45) is 0 Å². The standard InChI is InChI=1S/C20H40O2.2Na.H2O4S/c1-3-5-7-9-10-11-12-13-15-17-19-22-20(21)18-16-14-8-6-4-2;;;1-5(2,3)4/h3-19H2,1-2H3;;;(H2,1,2,3,4)/q;2*+1;/p-2. The van der Waals surface area contributed by atoms with E-state index in [1.165, 1.54) is 83.5 Å². The SMILES string of the molecule is CCCCCCCCCCCCOC(=O)CCCCCCC.O=S(=O)([O-])[O-].[Na+].[Na+]. The maximum Gasteiger partial charge on any atom is 1.00 e. The van der Waals surface area contributed by atoms with Gasteiger partial charge in [-0.15, -0.1) is 0 Å². The van der Waals surface area contributed by atoms with Gasteiger partial charge in [0, 0.05) is 16.8 Å². The van der Waals surface area contributed by atoms with Gasteiger partial charge in [-0.2, -0.15) is 0 Å². The van der Waals surface area contributed by atoms with Crippen molar-refractivity contribution in [1.82, 2.24) is 0 Å². The second-order valence-corrected chi connectivity index (χ2v) is 7.79. The molecule has 0 aromatic carbocycles. The van der Waals surface area contributed by atoms with Gasteiger partial charge in [0.15, 0.2) is 0 Å². The predicted molar refractivity (Wildman–Crippen MR) is 107 cm³/mol. The first-order chi connectivity index (χ1) is 12.8. The zero-order valence-corrected chi connectivity index (χ0v) is 24.2. The Hall–Kier alpha value is 1.34. The molecule has 0 saturated heterocycles. The van der Waals surface area contributed by atoms with E-state index >= 15 is 0 Å². The maximum absolute atomic E-state index is 11.5. The van der Waals surface area contributed by atoms with Crippen molar-refractivity contribution in [1.29, 1.82) is 0 Å². The topological polar surface area (TPSA) is 107 Å². The summed E-state index contributed by atoms with van der Waals surface area (Å²) in [6.45, 7) is 5.10. The van der Waals surface area contributed by atoms with Gasteiger partial charge >= 0.3 is 65.1 Å². The second kappa shape index (κ2) is 29.3. The molecule has 9 heteroatoms. The van der Waals surface area contributed by atoms with Crippen molar-refractivity contribution in [2.75, 3.05) is 6.61 Å². The van der Waals surface area contributed by atoms with Crippen LogP contribution in [0.5, 0.6) is 0 Å². The summed E-state index contributed by atoms with van der Waals surface area (Å²) >= 11 is 0. The predicted octanol–water partition coefficient (Wildman–Crippen LogP) is -0.519. The minimum absolute atomic E-state index is 0. The summed E-state index contributed by atoms with van der Waals surface area (Å²) < 4.78 is 39.4. The summed E-state index contributed by atoms with van der Waals surface area (Å²) in [5.74, 6) is 0.00687. The molecule has 164 valence electrons. The van der Waals surface area contributed by atoms with Gasteiger partial charge in [-0.05, 0) is 12.8 Å². The van der Waals surface area contributed by atoms with Crippen molar-refractivity contribution < 1.29 is 86.2 Å². The zero-order chi connectivity index (χ0) is 20.8. The normalized spacial score (nSPS) is 10.2. The molecular formula is C20H40Na2O6S. The largest absolute Gasteiger partial charge is 1.00 e. The monoisotopic (exact) mass is 454 g/mol. The molecule has 0 radical (unpaired) electrons. The molecule has 0 spiro atoms. The number of rotatable bonds is 17. The van der Waals surface area contributed by atoms with E-state index < -0.39 is 10.4 Å². The Balaban J connectivity index is -0.000000396. The molecule has 0 amide bonds. The van der Waals surface area contributed by atoms with Crippen LogP contribution in [0, 0.1) is 0 Å². The molecule has 0 rings (SSSR count). The van der Waals surface area contributed by atoms with E-state index in [4.69, 9.17) is 22.3 Å². The van der Waals surface area contributed by atoms with Crippen LogP contribution in [0.2, 0.25) is 0 Å². The number of unbranched alkanes of at least 4 members (excludes halogenated alkanes) is 13. The molecule has 0 atom stereocenters. The Morgan fingerprint density at radius 1 is 0.655 bits per heavy atom. The fourth-order valence-corrected chi connectivity index (χ4v) is 2.72. The first-order valence-corrected chi connectivity index (χ1v) is 12.0. The van der Waals surface area contributed by atoms with E-state index in [1.54, 1.807) is 0 Å². The minimum Gasteiger partial charge on any atom is -0.759 e. The van der Waals surface area contributed by atoms with E-state index in [2.05, 4.69) is 13.8 Å². The molecule has 0 aliphatic carbocycles. The van der Waals surface area contributed by atoms with Crippen molar-refractivity contribution in [2.45, 2.75) is 117 Å². The van der Waals surface area contributed by atoms with Crippen molar-refractivity contribution in [3.05, 3.63) is 0 Å². The van der Waals surface area contributed by atoms with Gasteiger partial charge in [0.05, 0.1) is 6.61 Å². The molecule has 0 bridgehead atoms. The van der Waals surface area contributed by atoms with E-state index in [0.717, 1.165) is 12.8 Å². The summed E-state index contributed by atoms with van der Waals surface area (Å²) in [6, 6.07) is 0. The van der Waals surface area contributed by atoms with Gasteiger partial charge in [0.1, 0.15) is 0 Å². The molecule has 0 saturated carbocycles. The molecule has 0 fully saturated rings. The summed E-state index contributed by atoms with van der Waals surface area (Å²) in [6.07, 6.45) is 19.8. The van der Waals surface area contributed by atoms with E-state index in [1.807, 2.05) is 0 Å². The first-order valence-electron chi connectivity index (χ1n) is 10.6. The van der Waals surface area contributed by atoms with Crippen LogP contribution in [-0.2, 0) is 19.9 Å². The van der Waals surface area contributed by atoms with Gasteiger partial charge in [0.2, 0.25) is 0 Å². The molecule has 0 aromatic heterocycles. The zero-order valence-electron chi connectivity index (χ0n) is 19.4. The van der Waals surface area contributed by atoms with Crippen LogP contribution in [0.4, 0.5) is 0 Å². The summed E-state index contributed by atoms with van der Waals surface area (Å²) in [5.41, 5.74) is 0. The second-order valence-electron chi connectivity index (χ2n) is 6.97. The van der Waals surface area contributed by atoms with Gasteiger partial charge < -0.3 is 13.8 Å². The fourth-order valence-electron chi connectivity index (χ4n) is 2.72. The van der Waals surface area contributed by atoms with E-state index in [0.29, 0.717) is 13.0 Å². The summed E-state index contributed by atoms with van der Waals surface area (Å²) in [7, 11) is -5.17. The Labute approximate surface area is 223 Å². The maximum atomic E-state index is 11.5. The van der Waals surface area contributed by atoms with Crippen molar-refractivity contribution >= 4 is 16.4 Å². The Bertz CT molecular complexity index is 411. The molecule has 0 aliphatic heterocycles. The van der Waals surface area contributed by atoms with Crippen LogP contribution in [0.1, 0.15) is 117 Å². The quantitative estimate of drug-likeness (QED) is 0.0963. The molecule has 0 aliphatic rings. The molecule has 6 nitrogen and oxygen atoms in total. The number of esters is 1. The third-order valence-corrected chi connectivity index (χ3v) is 4.25. The first kappa shape index (κ1) is 37.6. The van der Waals surface area contributed by atoms with Gasteiger partial charge in [-0.25, -0.2) is 0 Å². The van der Waals surface area contributed by atoms with Crippen LogP contribution >= 0.6 is 0 Å². The van der Waals surface area contributed by atoms with Crippen LogP contribution in [0.3, 0.4) is 0 Å². The number of carbonyl (C=O) groups excluding carboxylic acids is 1.